The van der Waals surface area contributed by atoms with Crippen LogP contribution < -0.4 is 11.1 Å². The van der Waals surface area contributed by atoms with Crippen molar-refractivity contribution in [2.45, 2.75) is 88.6 Å². The first-order valence-electron chi connectivity index (χ1n) is 11.0. The average Bonchev–Trinajstić information content (AvgIpc) is 2.62. The lowest BCUT2D eigenvalue weighted by Crippen LogP contribution is -2.62. The van der Waals surface area contributed by atoms with Gasteiger partial charge in [-0.15, -0.1) is 0 Å². The zero-order valence-electron chi connectivity index (χ0n) is 16.7. The molecule has 5 fully saturated rings. The highest BCUT2D eigenvalue weighted by Crippen LogP contribution is 2.70. The van der Waals surface area contributed by atoms with Crippen LogP contribution in [0, 0.1) is 16.7 Å². The van der Waals surface area contributed by atoms with Gasteiger partial charge in [0.1, 0.15) is 0 Å². The maximum atomic E-state index is 6.16. The highest BCUT2D eigenvalue weighted by molar-refractivity contribution is 7.80. The highest BCUT2D eigenvalue weighted by Gasteiger charge is 2.63. The lowest BCUT2D eigenvalue weighted by Gasteiger charge is -2.66. The molecule has 4 bridgehead atoms. The van der Waals surface area contributed by atoms with Gasteiger partial charge < -0.3 is 11.1 Å². The summed E-state index contributed by atoms with van der Waals surface area (Å²) in [6.07, 6.45) is 12.6. The van der Waals surface area contributed by atoms with Gasteiger partial charge in [0.15, 0.2) is 0 Å². The Morgan fingerprint density at radius 1 is 1.00 bits per heavy atom. The third-order valence-corrected chi connectivity index (χ3v) is 8.87. The lowest BCUT2D eigenvalue weighted by atomic mass is 9.39. The van der Waals surface area contributed by atoms with Gasteiger partial charge in [-0.25, -0.2) is 0 Å². The molecule has 3 N–H and O–H groups in total. The molecule has 146 valence electrons. The molecular weight excluding hydrogens is 348 g/mol. The zero-order valence-corrected chi connectivity index (χ0v) is 17.5. The van der Waals surface area contributed by atoms with Crippen LogP contribution in [-0.2, 0) is 5.41 Å². The second-order valence-corrected chi connectivity index (χ2v) is 11.2. The number of thiocarbonyl (C=S) groups is 1. The van der Waals surface area contributed by atoms with Crippen LogP contribution in [0.25, 0.3) is 0 Å². The molecule has 5 saturated carbocycles. The molecule has 2 nitrogen and oxygen atoms in total. The zero-order chi connectivity index (χ0) is 18.7. The molecule has 0 saturated heterocycles. The van der Waals surface area contributed by atoms with Gasteiger partial charge in [0.05, 0.1) is 4.99 Å². The van der Waals surface area contributed by atoms with Gasteiger partial charge in [0.25, 0.3) is 0 Å². The van der Waals surface area contributed by atoms with Crippen molar-refractivity contribution in [1.29, 1.82) is 0 Å². The quantitative estimate of drug-likeness (QED) is 0.714. The van der Waals surface area contributed by atoms with Crippen molar-refractivity contribution in [2.24, 2.45) is 22.5 Å². The minimum absolute atomic E-state index is 0.221. The van der Waals surface area contributed by atoms with Crippen molar-refractivity contribution in [3.63, 3.8) is 0 Å². The first-order chi connectivity index (χ1) is 12.9. The molecular formula is C24H34N2S. The molecule has 0 heterocycles. The van der Waals surface area contributed by atoms with Gasteiger partial charge in [-0.2, -0.15) is 0 Å². The summed E-state index contributed by atoms with van der Waals surface area (Å²) < 4.78 is 0. The molecule has 0 aromatic heterocycles. The van der Waals surface area contributed by atoms with Crippen LogP contribution in [0.5, 0.6) is 0 Å². The van der Waals surface area contributed by atoms with Crippen molar-refractivity contribution >= 4 is 17.2 Å². The number of nitrogens with two attached hydrogens (primary N) is 1. The Morgan fingerprint density at radius 3 is 2.44 bits per heavy atom. The summed E-state index contributed by atoms with van der Waals surface area (Å²) in [4.78, 5) is 1.19. The van der Waals surface area contributed by atoms with Gasteiger partial charge in [0, 0.05) is 17.5 Å². The van der Waals surface area contributed by atoms with Crippen LogP contribution in [-0.4, -0.2) is 17.1 Å². The second-order valence-electron chi connectivity index (χ2n) is 10.8. The van der Waals surface area contributed by atoms with Crippen molar-refractivity contribution in [1.82, 2.24) is 5.32 Å². The van der Waals surface area contributed by atoms with Gasteiger partial charge in [-0.1, -0.05) is 49.5 Å². The maximum Gasteiger partial charge on any atom is 0.0818 e. The minimum Gasteiger partial charge on any atom is -0.376 e. The van der Waals surface area contributed by atoms with E-state index in [-0.39, 0.29) is 5.41 Å². The fourth-order valence-electron chi connectivity index (χ4n) is 7.89. The molecule has 27 heavy (non-hydrogen) atoms. The van der Waals surface area contributed by atoms with Gasteiger partial charge in [-0.05, 0) is 86.5 Å². The molecule has 0 aliphatic heterocycles. The van der Waals surface area contributed by atoms with E-state index in [0.717, 1.165) is 18.8 Å². The van der Waals surface area contributed by atoms with Crippen LogP contribution in [0.4, 0.5) is 0 Å². The van der Waals surface area contributed by atoms with Crippen LogP contribution in [0.1, 0.15) is 76.7 Å². The molecule has 6 rings (SSSR count). The van der Waals surface area contributed by atoms with E-state index < -0.39 is 0 Å². The SMILES string of the molecule is C[C@]12CC3CC(C(=S)N[C@H]4CC[C@H](N)CC4)(C1)C[C@@](c1ccccc1)(C3)C2. The summed E-state index contributed by atoms with van der Waals surface area (Å²) in [7, 11) is 0. The van der Waals surface area contributed by atoms with E-state index in [4.69, 9.17) is 18.0 Å². The van der Waals surface area contributed by atoms with E-state index in [1.54, 1.807) is 5.56 Å². The molecule has 1 aromatic rings. The van der Waals surface area contributed by atoms with Crippen LogP contribution in [0.2, 0.25) is 0 Å². The predicted molar refractivity (Wildman–Crippen MR) is 116 cm³/mol. The maximum absolute atomic E-state index is 6.16. The average molecular weight is 383 g/mol. The Labute approximate surface area is 169 Å². The summed E-state index contributed by atoms with van der Waals surface area (Å²) in [6.45, 7) is 2.55. The first-order valence-corrected chi connectivity index (χ1v) is 11.4. The molecule has 0 radical (unpaired) electrons. The number of rotatable bonds is 3. The Hall–Kier alpha value is -0.930. The largest absolute Gasteiger partial charge is 0.376 e. The van der Waals surface area contributed by atoms with Crippen molar-refractivity contribution in [3.8, 4) is 0 Å². The molecule has 1 aromatic carbocycles. The third kappa shape index (κ3) is 3.06. The molecule has 0 spiro atoms. The summed E-state index contributed by atoms with van der Waals surface area (Å²) in [5.41, 5.74) is 8.70. The second kappa shape index (κ2) is 6.29. The van der Waals surface area contributed by atoms with Crippen molar-refractivity contribution in [3.05, 3.63) is 35.9 Å². The van der Waals surface area contributed by atoms with E-state index in [1.807, 2.05) is 0 Å². The fourth-order valence-corrected chi connectivity index (χ4v) is 8.28. The lowest BCUT2D eigenvalue weighted by molar-refractivity contribution is -0.0874. The molecule has 5 aliphatic carbocycles. The van der Waals surface area contributed by atoms with Crippen LogP contribution in [0.3, 0.4) is 0 Å². The minimum atomic E-state index is 0.221. The Morgan fingerprint density at radius 2 is 1.74 bits per heavy atom. The number of hydrogen-bond donors (Lipinski definition) is 2. The van der Waals surface area contributed by atoms with E-state index in [1.165, 1.54) is 56.4 Å². The van der Waals surface area contributed by atoms with Gasteiger partial charge >= 0.3 is 0 Å². The van der Waals surface area contributed by atoms with Gasteiger partial charge in [0.2, 0.25) is 0 Å². The standard InChI is InChI=1S/C24H34N2S/c1-22-11-17-12-23(14-22,18-5-3-2-4-6-18)16-24(13-17,15-22)21(27)26-20-9-7-19(25)8-10-20/h2-6,17,19-20H,7-16,25H2,1H3,(H,26,27)/t17?,19-,20-,22-,23-,24?/m1/s1. The molecule has 3 heteroatoms. The van der Waals surface area contributed by atoms with Gasteiger partial charge in [-0.3, -0.25) is 0 Å². The number of benzene rings is 1. The summed E-state index contributed by atoms with van der Waals surface area (Å²) in [6, 6.07) is 12.3. The smallest absolute Gasteiger partial charge is 0.0818 e. The van der Waals surface area contributed by atoms with E-state index in [0.29, 0.717) is 22.9 Å². The Bertz CT molecular complexity index is 725. The summed E-state index contributed by atoms with van der Waals surface area (Å²) in [5, 5.41) is 3.86. The molecule has 2 unspecified atom stereocenters. The Kier molecular flexibility index (Phi) is 4.22. The third-order valence-electron chi connectivity index (χ3n) is 8.32. The topological polar surface area (TPSA) is 38.0 Å². The fraction of sp³-hybridized carbons (Fsp3) is 0.708. The highest BCUT2D eigenvalue weighted by atomic mass is 32.1. The first kappa shape index (κ1) is 18.1. The van der Waals surface area contributed by atoms with E-state index in [2.05, 4.69) is 42.6 Å². The number of hydrogen-bond acceptors (Lipinski definition) is 2. The van der Waals surface area contributed by atoms with Crippen molar-refractivity contribution < 1.29 is 0 Å². The van der Waals surface area contributed by atoms with Crippen LogP contribution in [0.15, 0.2) is 30.3 Å². The van der Waals surface area contributed by atoms with Crippen LogP contribution >= 0.6 is 12.2 Å². The predicted octanol–water partition coefficient (Wildman–Crippen LogP) is 5.10. The normalized spacial score (nSPS) is 45.6. The van der Waals surface area contributed by atoms with Crippen molar-refractivity contribution in [2.75, 3.05) is 0 Å². The van der Waals surface area contributed by atoms with E-state index in [9.17, 15) is 0 Å². The molecule has 4 atom stereocenters. The molecule has 0 amide bonds. The van der Waals surface area contributed by atoms with E-state index >= 15 is 0 Å². The Balaban J connectivity index is 1.43. The summed E-state index contributed by atoms with van der Waals surface area (Å²) in [5.74, 6) is 0.839. The monoisotopic (exact) mass is 382 g/mol. The summed E-state index contributed by atoms with van der Waals surface area (Å²) >= 11 is 6.16. The molecule has 5 aliphatic rings. The number of nitrogens with one attached hydrogen (secondary N) is 1.